The van der Waals surface area contributed by atoms with Gasteiger partial charge >= 0.3 is 0 Å². The van der Waals surface area contributed by atoms with Gasteiger partial charge in [0, 0.05) is 17.7 Å². The molecule has 0 aliphatic heterocycles. The van der Waals surface area contributed by atoms with Crippen LogP contribution in [0.5, 0.6) is 0 Å². The Kier molecular flexibility index (Phi) is 3.76. The van der Waals surface area contributed by atoms with E-state index in [0.717, 1.165) is 43.7 Å². The van der Waals surface area contributed by atoms with Crippen molar-refractivity contribution in [2.75, 3.05) is 6.54 Å². The molecular weight excluding hydrogens is 263 g/mol. The van der Waals surface area contributed by atoms with Gasteiger partial charge in [0.05, 0.1) is 0 Å². The number of halogens is 3. The molecule has 0 heterocycles. The monoisotopic (exact) mass is 283 g/mol. The first-order valence-corrected chi connectivity index (χ1v) is 7.48. The highest BCUT2D eigenvalue weighted by atomic mass is 19.2. The Labute approximate surface area is 117 Å². The molecule has 4 heteroatoms. The molecule has 3 unspecified atom stereocenters. The first-order chi connectivity index (χ1) is 9.60. The van der Waals surface area contributed by atoms with Crippen LogP contribution in [0.15, 0.2) is 12.1 Å². The van der Waals surface area contributed by atoms with Crippen LogP contribution in [0, 0.1) is 35.2 Å². The molecule has 3 rings (SSSR count). The van der Waals surface area contributed by atoms with Crippen LogP contribution < -0.4 is 5.32 Å². The van der Waals surface area contributed by atoms with Crippen LogP contribution in [-0.4, -0.2) is 6.54 Å². The van der Waals surface area contributed by atoms with Gasteiger partial charge in [0.1, 0.15) is 5.82 Å². The van der Waals surface area contributed by atoms with E-state index >= 15 is 0 Å². The van der Waals surface area contributed by atoms with Crippen molar-refractivity contribution >= 4 is 0 Å². The fourth-order valence-electron chi connectivity index (χ4n) is 3.64. The Bertz CT molecular complexity index is 493. The molecule has 0 spiro atoms. The Balaban J connectivity index is 1.86. The molecule has 0 radical (unpaired) electrons. The number of fused-ring (bicyclic) bond motifs is 1. The molecule has 1 nitrogen and oxygen atoms in total. The minimum Gasteiger partial charge on any atom is -0.310 e. The Morgan fingerprint density at radius 3 is 2.35 bits per heavy atom. The number of hydrogen-bond donors (Lipinski definition) is 1. The summed E-state index contributed by atoms with van der Waals surface area (Å²) < 4.78 is 40.6. The van der Waals surface area contributed by atoms with Gasteiger partial charge in [-0.3, -0.25) is 0 Å². The first kappa shape index (κ1) is 13.9. The molecule has 1 aromatic rings. The summed E-state index contributed by atoms with van der Waals surface area (Å²) in [5.41, 5.74) is 0.281. The van der Waals surface area contributed by atoms with Crippen molar-refractivity contribution in [1.82, 2.24) is 5.32 Å². The van der Waals surface area contributed by atoms with Crippen molar-refractivity contribution < 1.29 is 13.2 Å². The molecule has 1 aromatic carbocycles. The second kappa shape index (κ2) is 5.40. The maximum atomic E-state index is 14.0. The summed E-state index contributed by atoms with van der Waals surface area (Å²) in [6, 6.07) is 1.50. The SMILES string of the molecule is CCCNC(c1cc(F)c(F)cc1F)C1CC2CC2C1. The predicted octanol–water partition coefficient (Wildman–Crippen LogP) is 4.19. The van der Waals surface area contributed by atoms with Crippen molar-refractivity contribution in [3.8, 4) is 0 Å². The normalized spacial score (nSPS) is 29.3. The Hall–Kier alpha value is -1.03. The summed E-state index contributed by atoms with van der Waals surface area (Å²) in [7, 11) is 0. The second-order valence-corrected chi connectivity index (χ2v) is 6.21. The third-order valence-corrected chi connectivity index (χ3v) is 4.74. The molecule has 2 saturated carbocycles. The molecule has 2 fully saturated rings. The van der Waals surface area contributed by atoms with E-state index in [4.69, 9.17) is 0 Å². The van der Waals surface area contributed by atoms with E-state index in [9.17, 15) is 13.2 Å². The van der Waals surface area contributed by atoms with Gasteiger partial charge in [-0.2, -0.15) is 0 Å². The standard InChI is InChI=1S/C16H20F3N/c1-2-3-20-16(11-5-9-4-10(9)6-11)12-7-14(18)15(19)8-13(12)17/h7-11,16,20H,2-6H2,1H3. The molecule has 2 aliphatic rings. The topological polar surface area (TPSA) is 12.0 Å². The van der Waals surface area contributed by atoms with Crippen molar-refractivity contribution in [3.05, 3.63) is 35.1 Å². The van der Waals surface area contributed by atoms with E-state index in [2.05, 4.69) is 5.32 Å². The van der Waals surface area contributed by atoms with Crippen LogP contribution >= 0.6 is 0 Å². The van der Waals surface area contributed by atoms with E-state index < -0.39 is 17.5 Å². The van der Waals surface area contributed by atoms with Crippen LogP contribution in [0.25, 0.3) is 0 Å². The van der Waals surface area contributed by atoms with Crippen molar-refractivity contribution in [2.45, 2.75) is 38.6 Å². The maximum Gasteiger partial charge on any atom is 0.161 e. The van der Waals surface area contributed by atoms with Crippen LogP contribution in [-0.2, 0) is 0 Å². The zero-order valence-corrected chi connectivity index (χ0v) is 11.6. The second-order valence-electron chi connectivity index (χ2n) is 6.21. The minimum atomic E-state index is -1.12. The van der Waals surface area contributed by atoms with Crippen LogP contribution in [0.2, 0.25) is 0 Å². The van der Waals surface area contributed by atoms with Crippen molar-refractivity contribution in [2.24, 2.45) is 17.8 Å². The van der Waals surface area contributed by atoms with Gasteiger partial charge in [-0.25, -0.2) is 13.2 Å². The molecule has 0 saturated heterocycles. The minimum absolute atomic E-state index is 0.196. The Morgan fingerprint density at radius 1 is 1.05 bits per heavy atom. The largest absolute Gasteiger partial charge is 0.310 e. The van der Waals surface area contributed by atoms with Crippen molar-refractivity contribution in [3.63, 3.8) is 0 Å². The summed E-state index contributed by atoms with van der Waals surface area (Å²) in [6.45, 7) is 2.80. The van der Waals surface area contributed by atoms with Crippen LogP contribution in [0.1, 0.15) is 44.2 Å². The van der Waals surface area contributed by atoms with Crippen LogP contribution in [0.4, 0.5) is 13.2 Å². The summed E-state index contributed by atoms with van der Waals surface area (Å²) in [4.78, 5) is 0. The first-order valence-electron chi connectivity index (χ1n) is 7.48. The summed E-state index contributed by atoms with van der Waals surface area (Å²) in [6.07, 6.45) is 4.37. The van der Waals surface area contributed by atoms with Gasteiger partial charge in [-0.15, -0.1) is 0 Å². The lowest BCUT2D eigenvalue weighted by Gasteiger charge is -2.27. The van der Waals surface area contributed by atoms with Crippen molar-refractivity contribution in [1.29, 1.82) is 0 Å². The van der Waals surface area contributed by atoms with E-state index in [0.29, 0.717) is 12.0 Å². The highest BCUT2D eigenvalue weighted by Crippen LogP contribution is 2.57. The number of hydrogen-bond acceptors (Lipinski definition) is 1. The van der Waals surface area contributed by atoms with Gasteiger partial charge in [0.15, 0.2) is 11.6 Å². The predicted molar refractivity (Wildman–Crippen MR) is 71.7 cm³/mol. The summed E-state index contributed by atoms with van der Waals surface area (Å²) in [5, 5.41) is 3.33. The highest BCUT2D eigenvalue weighted by molar-refractivity contribution is 5.25. The van der Waals surface area contributed by atoms with Gasteiger partial charge in [-0.1, -0.05) is 6.92 Å². The van der Waals surface area contributed by atoms with Crippen LogP contribution in [0.3, 0.4) is 0 Å². The summed E-state index contributed by atoms with van der Waals surface area (Å²) in [5.74, 6) is -0.830. The number of rotatable bonds is 5. The average Bonchev–Trinajstić information content (AvgIpc) is 3.02. The lowest BCUT2D eigenvalue weighted by Crippen LogP contribution is -2.29. The Morgan fingerprint density at radius 2 is 1.70 bits per heavy atom. The molecule has 20 heavy (non-hydrogen) atoms. The zero-order chi connectivity index (χ0) is 14.3. The summed E-state index contributed by atoms with van der Waals surface area (Å²) >= 11 is 0. The smallest absolute Gasteiger partial charge is 0.161 e. The third-order valence-electron chi connectivity index (χ3n) is 4.74. The molecule has 0 bridgehead atoms. The molecule has 0 aromatic heterocycles. The fraction of sp³-hybridized carbons (Fsp3) is 0.625. The van der Waals surface area contributed by atoms with E-state index in [1.165, 1.54) is 6.42 Å². The highest BCUT2D eigenvalue weighted by Gasteiger charge is 2.48. The maximum absolute atomic E-state index is 14.0. The van der Waals surface area contributed by atoms with E-state index in [-0.39, 0.29) is 11.6 Å². The van der Waals surface area contributed by atoms with E-state index in [1.54, 1.807) is 0 Å². The lowest BCUT2D eigenvalue weighted by molar-refractivity contribution is 0.330. The van der Waals surface area contributed by atoms with Gasteiger partial charge < -0.3 is 5.32 Å². The van der Waals surface area contributed by atoms with E-state index in [1.807, 2.05) is 6.92 Å². The molecule has 110 valence electrons. The quantitative estimate of drug-likeness (QED) is 0.799. The molecule has 3 atom stereocenters. The molecular formula is C16H20F3N. The van der Waals surface area contributed by atoms with Gasteiger partial charge in [0.25, 0.3) is 0 Å². The zero-order valence-electron chi connectivity index (χ0n) is 11.6. The molecule has 1 N–H and O–H groups in total. The number of benzene rings is 1. The van der Waals surface area contributed by atoms with Gasteiger partial charge in [-0.05, 0) is 56.0 Å². The lowest BCUT2D eigenvalue weighted by atomic mass is 9.88. The average molecular weight is 283 g/mol. The van der Waals surface area contributed by atoms with Gasteiger partial charge in [0.2, 0.25) is 0 Å². The third kappa shape index (κ3) is 2.58. The molecule has 0 amide bonds. The molecule has 2 aliphatic carbocycles. The fourth-order valence-corrected chi connectivity index (χ4v) is 3.64. The number of nitrogens with one attached hydrogen (secondary N) is 1.